The molecule has 1 aromatic rings. The van der Waals surface area contributed by atoms with Crippen LogP contribution in [0.25, 0.3) is 0 Å². The first kappa shape index (κ1) is 13.3. The van der Waals surface area contributed by atoms with Crippen LogP contribution in [-0.4, -0.2) is 36.9 Å². The summed E-state index contributed by atoms with van der Waals surface area (Å²) in [7, 11) is 0.243. The molecular weight excluding hydrogens is 231 g/mol. The molecule has 0 fully saturated rings. The van der Waals surface area contributed by atoms with Gasteiger partial charge in [0.15, 0.2) is 0 Å². The Kier molecular flexibility index (Phi) is 6.22. The fraction of sp³-hybridized carbons (Fsp3) is 0.455. The summed E-state index contributed by atoms with van der Waals surface area (Å²) in [4.78, 5) is 0.234. The third-order valence-electron chi connectivity index (χ3n) is 1.93. The number of hydrogen-bond donors (Lipinski definition) is 0. The summed E-state index contributed by atoms with van der Waals surface area (Å²) < 4.78 is 34.8. The lowest BCUT2D eigenvalue weighted by atomic mass is 10.3. The minimum absolute atomic E-state index is 0.234. The maximum Gasteiger partial charge on any atom is 0.139 e. The number of hydrogen-bond acceptors (Lipinski definition) is 3. The van der Waals surface area contributed by atoms with Gasteiger partial charge >= 0.3 is 0 Å². The molecule has 0 saturated heterocycles. The van der Waals surface area contributed by atoms with Gasteiger partial charge in [0.1, 0.15) is 5.82 Å². The van der Waals surface area contributed by atoms with Crippen LogP contribution in [0.4, 0.5) is 4.39 Å². The van der Waals surface area contributed by atoms with Crippen LogP contribution in [0.3, 0.4) is 0 Å². The zero-order valence-corrected chi connectivity index (χ0v) is 9.97. The highest BCUT2D eigenvalue weighted by Gasteiger charge is 2.08. The zero-order chi connectivity index (χ0) is 11.8. The van der Waals surface area contributed by atoms with E-state index in [-0.39, 0.29) is 4.90 Å². The maximum absolute atomic E-state index is 13.2. The second-order valence-electron chi connectivity index (χ2n) is 3.09. The summed E-state index contributed by atoms with van der Waals surface area (Å²) in [6.07, 6.45) is 0. The van der Waals surface area contributed by atoms with Crippen LogP contribution < -0.4 is 0 Å². The van der Waals surface area contributed by atoms with Gasteiger partial charge in [-0.3, -0.25) is 4.21 Å². The van der Waals surface area contributed by atoms with Crippen LogP contribution in [0.1, 0.15) is 0 Å². The van der Waals surface area contributed by atoms with E-state index < -0.39 is 16.6 Å². The minimum atomic E-state index is -1.34. The van der Waals surface area contributed by atoms with Gasteiger partial charge < -0.3 is 9.47 Å². The highest BCUT2D eigenvalue weighted by atomic mass is 32.2. The molecule has 3 nitrogen and oxygen atoms in total. The number of ether oxygens (including phenoxy) is 2. The van der Waals surface area contributed by atoms with Crippen molar-refractivity contribution in [1.82, 2.24) is 0 Å². The van der Waals surface area contributed by atoms with Crippen molar-refractivity contribution in [3.05, 3.63) is 30.1 Å². The minimum Gasteiger partial charge on any atom is -0.382 e. The van der Waals surface area contributed by atoms with E-state index in [1.807, 2.05) is 0 Å². The quantitative estimate of drug-likeness (QED) is 0.685. The molecule has 0 heterocycles. The predicted octanol–water partition coefficient (Wildman–Crippen LogP) is 1.60. The Morgan fingerprint density at radius 1 is 1.25 bits per heavy atom. The summed E-state index contributed by atoms with van der Waals surface area (Å²) in [5.74, 6) is -0.136. The molecule has 0 aliphatic heterocycles. The van der Waals surface area contributed by atoms with Gasteiger partial charge in [0, 0.05) is 7.11 Å². The monoisotopic (exact) mass is 246 g/mol. The second kappa shape index (κ2) is 7.49. The van der Waals surface area contributed by atoms with Crippen molar-refractivity contribution in [3.8, 4) is 0 Å². The van der Waals surface area contributed by atoms with E-state index in [1.54, 1.807) is 19.2 Å². The molecule has 0 N–H and O–H groups in total. The molecule has 0 spiro atoms. The number of halogens is 1. The average molecular weight is 246 g/mol. The molecule has 5 heteroatoms. The van der Waals surface area contributed by atoms with Gasteiger partial charge in [-0.15, -0.1) is 0 Å². The first-order valence-corrected chi connectivity index (χ1v) is 6.27. The van der Waals surface area contributed by atoms with E-state index in [1.165, 1.54) is 12.1 Å². The van der Waals surface area contributed by atoms with E-state index in [9.17, 15) is 8.60 Å². The third kappa shape index (κ3) is 4.38. The molecule has 0 saturated carbocycles. The highest BCUT2D eigenvalue weighted by molar-refractivity contribution is 7.85. The van der Waals surface area contributed by atoms with Crippen molar-refractivity contribution in [1.29, 1.82) is 0 Å². The molecular formula is C11H15FO3S. The lowest BCUT2D eigenvalue weighted by molar-refractivity contribution is 0.0787. The zero-order valence-electron chi connectivity index (χ0n) is 9.15. The Bertz CT molecular complexity index is 344. The lowest BCUT2D eigenvalue weighted by Crippen LogP contribution is -2.10. The van der Waals surface area contributed by atoms with Crippen molar-refractivity contribution >= 4 is 10.8 Å². The van der Waals surface area contributed by atoms with Crippen LogP contribution in [-0.2, 0) is 20.3 Å². The summed E-state index contributed by atoms with van der Waals surface area (Å²) in [6, 6.07) is 6.08. The molecule has 90 valence electrons. The van der Waals surface area contributed by atoms with Gasteiger partial charge in [-0.2, -0.15) is 0 Å². The van der Waals surface area contributed by atoms with E-state index in [4.69, 9.17) is 9.47 Å². The Hall–Kier alpha value is -0.780. The van der Waals surface area contributed by atoms with Crippen molar-refractivity contribution in [3.63, 3.8) is 0 Å². The molecule has 0 bridgehead atoms. The fourth-order valence-corrected chi connectivity index (χ4v) is 2.12. The standard InChI is InChI=1S/C11H15FO3S/c1-14-6-7-15-8-9-16(13)11-5-3-2-4-10(11)12/h2-5H,6-9H2,1H3. The molecule has 0 aromatic heterocycles. The van der Waals surface area contributed by atoms with E-state index in [0.29, 0.717) is 25.6 Å². The van der Waals surface area contributed by atoms with Gasteiger partial charge in [0.2, 0.25) is 0 Å². The van der Waals surface area contributed by atoms with Gasteiger partial charge in [-0.05, 0) is 12.1 Å². The number of rotatable bonds is 7. The molecule has 0 amide bonds. The highest BCUT2D eigenvalue weighted by Crippen LogP contribution is 2.11. The summed E-state index contributed by atoms with van der Waals surface area (Å²) >= 11 is 0. The molecule has 1 aromatic carbocycles. The van der Waals surface area contributed by atoms with E-state index >= 15 is 0 Å². The molecule has 0 aliphatic carbocycles. The number of benzene rings is 1. The molecule has 1 atom stereocenters. The topological polar surface area (TPSA) is 35.5 Å². The van der Waals surface area contributed by atoms with Gasteiger partial charge in [-0.25, -0.2) is 4.39 Å². The van der Waals surface area contributed by atoms with Crippen LogP contribution in [0.15, 0.2) is 29.2 Å². The number of methoxy groups -OCH3 is 1. The second-order valence-corrected chi connectivity index (χ2v) is 4.62. The normalized spacial score (nSPS) is 12.6. The van der Waals surface area contributed by atoms with E-state index in [0.717, 1.165) is 0 Å². The summed E-state index contributed by atoms with van der Waals surface area (Å²) in [6.45, 7) is 1.31. The van der Waals surface area contributed by atoms with Crippen molar-refractivity contribution in [2.24, 2.45) is 0 Å². The molecule has 1 unspecified atom stereocenters. The Morgan fingerprint density at radius 2 is 2.00 bits per heavy atom. The van der Waals surface area contributed by atoms with Crippen LogP contribution in [0.2, 0.25) is 0 Å². The Labute approximate surface area is 97.0 Å². The van der Waals surface area contributed by atoms with Gasteiger partial charge in [0.25, 0.3) is 0 Å². The van der Waals surface area contributed by atoms with Gasteiger partial charge in [0.05, 0.1) is 41.3 Å². The van der Waals surface area contributed by atoms with Crippen LogP contribution in [0, 0.1) is 5.82 Å². The summed E-state index contributed by atoms with van der Waals surface area (Å²) in [5.41, 5.74) is 0. The average Bonchev–Trinajstić information content (AvgIpc) is 2.29. The molecule has 0 aliphatic rings. The summed E-state index contributed by atoms with van der Waals surface area (Å²) in [5, 5.41) is 0. The first-order valence-electron chi connectivity index (χ1n) is 4.95. The fourth-order valence-electron chi connectivity index (χ4n) is 1.12. The van der Waals surface area contributed by atoms with Crippen molar-refractivity contribution in [2.45, 2.75) is 4.90 Å². The van der Waals surface area contributed by atoms with E-state index in [2.05, 4.69) is 0 Å². The molecule has 16 heavy (non-hydrogen) atoms. The van der Waals surface area contributed by atoms with Crippen molar-refractivity contribution in [2.75, 3.05) is 32.7 Å². The lowest BCUT2D eigenvalue weighted by Gasteiger charge is -2.04. The third-order valence-corrected chi connectivity index (χ3v) is 3.29. The largest absolute Gasteiger partial charge is 0.382 e. The Balaban J connectivity index is 2.33. The molecule has 1 rings (SSSR count). The van der Waals surface area contributed by atoms with Gasteiger partial charge in [-0.1, -0.05) is 12.1 Å². The maximum atomic E-state index is 13.2. The smallest absolute Gasteiger partial charge is 0.139 e. The first-order chi connectivity index (χ1) is 7.75. The van der Waals surface area contributed by atoms with Crippen molar-refractivity contribution < 1.29 is 18.1 Å². The van der Waals surface area contributed by atoms with Crippen LogP contribution >= 0.6 is 0 Å². The van der Waals surface area contributed by atoms with Crippen LogP contribution in [0.5, 0.6) is 0 Å². The molecule has 0 radical (unpaired) electrons. The predicted molar refractivity (Wildman–Crippen MR) is 60.4 cm³/mol. The SMILES string of the molecule is COCCOCCS(=O)c1ccccc1F. The Morgan fingerprint density at radius 3 is 2.69 bits per heavy atom.